The third kappa shape index (κ3) is 5.46. The number of ether oxygens (including phenoxy) is 1. The van der Waals surface area contributed by atoms with Crippen molar-refractivity contribution in [2.45, 2.75) is 19.4 Å². The predicted molar refractivity (Wildman–Crippen MR) is 93.7 cm³/mol. The van der Waals surface area contributed by atoms with Gasteiger partial charge in [0.15, 0.2) is 6.10 Å². The summed E-state index contributed by atoms with van der Waals surface area (Å²) in [5, 5.41) is 4.31. The van der Waals surface area contributed by atoms with Gasteiger partial charge >= 0.3 is 12.0 Å². The number of hydrogen-bond acceptors (Lipinski definition) is 4. The van der Waals surface area contributed by atoms with Gasteiger partial charge in [-0.2, -0.15) is 0 Å². The molecule has 0 bridgehead atoms. The summed E-state index contributed by atoms with van der Waals surface area (Å²) in [5.74, 6) is -1.21. The Morgan fingerprint density at radius 1 is 0.960 bits per heavy atom. The summed E-state index contributed by atoms with van der Waals surface area (Å²) in [5.41, 5.74) is 2.93. The van der Waals surface area contributed by atoms with Crippen molar-refractivity contribution in [1.82, 2.24) is 10.6 Å². The maximum absolute atomic E-state index is 11.9. The maximum Gasteiger partial charge on any atom is 0.321 e. The molecule has 0 heterocycles. The van der Waals surface area contributed by atoms with Gasteiger partial charge in [-0.05, 0) is 23.6 Å². The Bertz CT molecular complexity index is 742. The predicted octanol–water partition coefficient (Wildman–Crippen LogP) is 2.28. The minimum absolute atomic E-state index is 0.0483. The van der Waals surface area contributed by atoms with E-state index in [0.29, 0.717) is 0 Å². The molecule has 25 heavy (non-hydrogen) atoms. The number of rotatable bonds is 5. The van der Waals surface area contributed by atoms with Gasteiger partial charge in [-0.15, -0.1) is 0 Å². The zero-order valence-corrected chi connectivity index (χ0v) is 14.1. The third-order valence-corrected chi connectivity index (χ3v) is 3.55. The van der Waals surface area contributed by atoms with Gasteiger partial charge < -0.3 is 10.1 Å². The van der Waals surface area contributed by atoms with Crippen LogP contribution in [0.4, 0.5) is 4.79 Å². The Kier molecular flexibility index (Phi) is 6.28. The molecule has 0 aliphatic heterocycles. The van der Waals surface area contributed by atoms with E-state index in [1.54, 1.807) is 0 Å². The maximum atomic E-state index is 11.9. The van der Waals surface area contributed by atoms with Gasteiger partial charge in [0.05, 0.1) is 6.42 Å². The fourth-order valence-electron chi connectivity index (χ4n) is 2.18. The van der Waals surface area contributed by atoms with Crippen molar-refractivity contribution in [2.24, 2.45) is 0 Å². The molecule has 0 radical (unpaired) electrons. The fraction of sp³-hybridized carbons (Fsp3) is 0.211. The van der Waals surface area contributed by atoms with Crippen LogP contribution in [0.2, 0.25) is 0 Å². The first-order valence-electron chi connectivity index (χ1n) is 7.86. The molecule has 2 rings (SSSR count). The molecule has 0 unspecified atom stereocenters. The lowest BCUT2D eigenvalue weighted by Gasteiger charge is -2.12. The monoisotopic (exact) mass is 340 g/mol. The quantitative estimate of drug-likeness (QED) is 0.818. The van der Waals surface area contributed by atoms with Gasteiger partial charge in [0.25, 0.3) is 5.91 Å². The number of amides is 3. The number of imide groups is 1. The molecule has 0 aliphatic carbocycles. The molecule has 0 aliphatic rings. The average molecular weight is 340 g/mol. The van der Waals surface area contributed by atoms with Gasteiger partial charge in [0.2, 0.25) is 0 Å². The second kappa shape index (κ2) is 8.63. The highest BCUT2D eigenvalue weighted by Crippen LogP contribution is 2.19. The van der Waals surface area contributed by atoms with E-state index >= 15 is 0 Å². The van der Waals surface area contributed by atoms with Crippen LogP contribution in [0.1, 0.15) is 12.5 Å². The third-order valence-electron chi connectivity index (χ3n) is 3.55. The molecule has 0 fully saturated rings. The summed E-state index contributed by atoms with van der Waals surface area (Å²) >= 11 is 0. The van der Waals surface area contributed by atoms with E-state index in [9.17, 15) is 14.4 Å². The zero-order valence-electron chi connectivity index (χ0n) is 14.1. The summed E-state index contributed by atoms with van der Waals surface area (Å²) in [6.07, 6.45) is -1.000. The normalized spacial score (nSPS) is 11.3. The molecule has 2 aromatic carbocycles. The SMILES string of the molecule is CNC(=O)NC(=O)[C@@H](C)OC(=O)Cc1ccc(-c2ccccc2)cc1. The Balaban J connectivity index is 1.90. The lowest BCUT2D eigenvalue weighted by Crippen LogP contribution is -2.43. The largest absolute Gasteiger partial charge is 0.452 e. The number of carbonyl (C=O) groups is 3. The van der Waals surface area contributed by atoms with E-state index < -0.39 is 24.0 Å². The topological polar surface area (TPSA) is 84.5 Å². The number of urea groups is 1. The molecule has 6 heteroatoms. The number of benzene rings is 2. The van der Waals surface area contributed by atoms with Gasteiger partial charge in [-0.3, -0.25) is 14.9 Å². The average Bonchev–Trinajstić information content (AvgIpc) is 2.62. The van der Waals surface area contributed by atoms with E-state index in [4.69, 9.17) is 4.74 Å². The van der Waals surface area contributed by atoms with Gasteiger partial charge in [0, 0.05) is 7.05 Å². The number of esters is 1. The molecule has 0 saturated carbocycles. The van der Waals surface area contributed by atoms with Crippen LogP contribution < -0.4 is 10.6 Å². The van der Waals surface area contributed by atoms with E-state index in [1.807, 2.05) is 54.6 Å². The van der Waals surface area contributed by atoms with Crippen LogP contribution in [0, 0.1) is 0 Å². The van der Waals surface area contributed by atoms with Crippen LogP contribution in [-0.4, -0.2) is 31.1 Å². The highest BCUT2D eigenvalue weighted by molar-refractivity contribution is 5.97. The van der Waals surface area contributed by atoms with E-state index in [0.717, 1.165) is 16.7 Å². The second-order valence-electron chi connectivity index (χ2n) is 5.44. The molecule has 2 N–H and O–H groups in total. The van der Waals surface area contributed by atoms with Crippen molar-refractivity contribution in [3.8, 4) is 11.1 Å². The summed E-state index contributed by atoms with van der Waals surface area (Å²) in [6.45, 7) is 1.41. The molecule has 6 nitrogen and oxygen atoms in total. The Morgan fingerprint density at radius 2 is 1.56 bits per heavy atom. The van der Waals surface area contributed by atoms with Gasteiger partial charge in [-0.1, -0.05) is 54.6 Å². The van der Waals surface area contributed by atoms with Crippen molar-refractivity contribution in [3.05, 3.63) is 60.2 Å². The smallest absolute Gasteiger partial charge is 0.321 e. The number of nitrogens with one attached hydrogen (secondary N) is 2. The Morgan fingerprint density at radius 3 is 2.16 bits per heavy atom. The zero-order chi connectivity index (χ0) is 18.2. The van der Waals surface area contributed by atoms with Crippen LogP contribution in [0.15, 0.2) is 54.6 Å². The van der Waals surface area contributed by atoms with Gasteiger partial charge in [0.1, 0.15) is 0 Å². The van der Waals surface area contributed by atoms with E-state index in [-0.39, 0.29) is 6.42 Å². The highest BCUT2D eigenvalue weighted by atomic mass is 16.5. The van der Waals surface area contributed by atoms with E-state index in [1.165, 1.54) is 14.0 Å². The first-order chi connectivity index (χ1) is 12.0. The molecule has 2 aromatic rings. The Labute approximate surface area is 146 Å². The van der Waals surface area contributed by atoms with Crippen molar-refractivity contribution in [1.29, 1.82) is 0 Å². The lowest BCUT2D eigenvalue weighted by molar-refractivity contribution is -0.153. The molecular weight excluding hydrogens is 320 g/mol. The fourth-order valence-corrected chi connectivity index (χ4v) is 2.18. The molecule has 0 aromatic heterocycles. The second-order valence-corrected chi connectivity index (χ2v) is 5.44. The molecule has 1 atom stereocenters. The highest BCUT2D eigenvalue weighted by Gasteiger charge is 2.19. The molecular formula is C19H20N2O4. The molecule has 130 valence electrons. The van der Waals surface area contributed by atoms with E-state index in [2.05, 4.69) is 10.6 Å². The molecule has 3 amide bonds. The van der Waals surface area contributed by atoms with Gasteiger partial charge in [-0.25, -0.2) is 4.79 Å². The van der Waals surface area contributed by atoms with Crippen molar-refractivity contribution in [2.75, 3.05) is 7.05 Å². The van der Waals surface area contributed by atoms with Crippen LogP contribution >= 0.6 is 0 Å². The van der Waals surface area contributed by atoms with Crippen LogP contribution in [0.25, 0.3) is 11.1 Å². The number of carbonyl (C=O) groups excluding carboxylic acids is 3. The van der Waals surface area contributed by atoms with Crippen LogP contribution in [0.5, 0.6) is 0 Å². The van der Waals surface area contributed by atoms with Crippen molar-refractivity contribution < 1.29 is 19.1 Å². The first-order valence-corrected chi connectivity index (χ1v) is 7.86. The first kappa shape index (κ1) is 18.2. The van der Waals surface area contributed by atoms with Crippen molar-refractivity contribution in [3.63, 3.8) is 0 Å². The Hall–Kier alpha value is -3.15. The summed E-state index contributed by atoms with van der Waals surface area (Å²) < 4.78 is 5.05. The van der Waals surface area contributed by atoms with Crippen LogP contribution in [-0.2, 0) is 20.7 Å². The minimum Gasteiger partial charge on any atom is -0.452 e. The molecule has 0 saturated heterocycles. The lowest BCUT2D eigenvalue weighted by atomic mass is 10.0. The summed E-state index contributed by atoms with van der Waals surface area (Å²) in [7, 11) is 1.39. The minimum atomic E-state index is -1.05. The standard InChI is InChI=1S/C19H20N2O4/c1-13(18(23)21-19(24)20-2)25-17(22)12-14-8-10-16(11-9-14)15-6-4-3-5-7-15/h3-11,13H,12H2,1-2H3,(H2,20,21,23,24)/t13-/m1/s1. The van der Waals surface area contributed by atoms with Crippen molar-refractivity contribution >= 4 is 17.9 Å². The summed E-state index contributed by atoms with van der Waals surface area (Å²) in [4.78, 5) is 34.7. The van der Waals surface area contributed by atoms with Crippen LogP contribution in [0.3, 0.4) is 0 Å². The summed E-state index contributed by atoms with van der Waals surface area (Å²) in [6, 6.07) is 16.8. The number of hydrogen-bond donors (Lipinski definition) is 2. The molecule has 0 spiro atoms.